The molecule has 172 valence electrons. The maximum atomic E-state index is 12.9. The molecule has 0 atom stereocenters. The highest BCUT2D eigenvalue weighted by Crippen LogP contribution is 2.29. The maximum Gasteiger partial charge on any atom is 0.374 e. The van der Waals surface area contributed by atoms with Crippen molar-refractivity contribution in [2.45, 2.75) is 32.0 Å². The number of esters is 1. The Kier molecular flexibility index (Phi) is 6.92. The van der Waals surface area contributed by atoms with E-state index in [0.717, 1.165) is 24.2 Å². The molecule has 8 heteroatoms. The second kappa shape index (κ2) is 10.2. The van der Waals surface area contributed by atoms with Crippen LogP contribution < -0.4 is 9.47 Å². The van der Waals surface area contributed by atoms with E-state index in [1.165, 1.54) is 30.3 Å². The summed E-state index contributed by atoms with van der Waals surface area (Å²) in [6.45, 7) is 0.138. The van der Waals surface area contributed by atoms with E-state index in [2.05, 4.69) is 0 Å². The first-order valence-electron chi connectivity index (χ1n) is 10.6. The van der Waals surface area contributed by atoms with Crippen LogP contribution in [0, 0.1) is 5.82 Å². The van der Waals surface area contributed by atoms with Crippen molar-refractivity contribution in [3.05, 3.63) is 83.6 Å². The largest absolute Gasteiger partial charge is 0.497 e. The van der Waals surface area contributed by atoms with Crippen LogP contribution in [0.2, 0.25) is 0 Å². The summed E-state index contributed by atoms with van der Waals surface area (Å²) >= 11 is 0. The number of carbonyl (C=O) groups excluding carboxylic acids is 2. The number of rotatable bonds is 10. The number of furan rings is 1. The van der Waals surface area contributed by atoms with Crippen LogP contribution in [0.3, 0.4) is 0 Å². The fourth-order valence-electron chi connectivity index (χ4n) is 3.27. The first-order valence-corrected chi connectivity index (χ1v) is 10.6. The molecule has 0 unspecified atom stereocenters. The van der Waals surface area contributed by atoms with Crippen LogP contribution in [0.4, 0.5) is 4.39 Å². The Morgan fingerprint density at radius 1 is 1.00 bits per heavy atom. The number of methoxy groups -OCH3 is 1. The van der Waals surface area contributed by atoms with Crippen LogP contribution in [0.5, 0.6) is 11.5 Å². The predicted molar refractivity (Wildman–Crippen MR) is 116 cm³/mol. The minimum atomic E-state index is -0.725. The zero-order chi connectivity index (χ0) is 23.2. The van der Waals surface area contributed by atoms with Crippen LogP contribution in [-0.4, -0.2) is 36.5 Å². The summed E-state index contributed by atoms with van der Waals surface area (Å²) in [7, 11) is 1.60. The Morgan fingerprint density at radius 3 is 2.36 bits per heavy atom. The van der Waals surface area contributed by atoms with Crippen LogP contribution in [-0.2, 0) is 22.7 Å². The molecule has 1 aliphatic rings. The molecule has 1 saturated carbocycles. The van der Waals surface area contributed by atoms with Gasteiger partial charge in [-0.3, -0.25) is 4.79 Å². The van der Waals surface area contributed by atoms with Gasteiger partial charge in [0.1, 0.15) is 29.7 Å². The normalized spacial score (nSPS) is 12.8. The number of hydrogen-bond acceptors (Lipinski definition) is 6. The highest BCUT2D eigenvalue weighted by Gasteiger charge is 2.33. The third-order valence-corrected chi connectivity index (χ3v) is 5.20. The van der Waals surface area contributed by atoms with Gasteiger partial charge in [-0.05, 0) is 66.9 Å². The Bertz CT molecular complexity index is 1090. The topological polar surface area (TPSA) is 78.2 Å². The molecule has 0 aliphatic heterocycles. The van der Waals surface area contributed by atoms with Crippen molar-refractivity contribution in [3.63, 3.8) is 0 Å². The molecule has 4 rings (SSSR count). The average Bonchev–Trinajstić information content (AvgIpc) is 3.57. The fourth-order valence-corrected chi connectivity index (χ4v) is 3.27. The van der Waals surface area contributed by atoms with Crippen LogP contribution in [0.15, 0.2) is 65.1 Å². The number of amides is 1. The summed E-state index contributed by atoms with van der Waals surface area (Å²) < 4.78 is 34.2. The zero-order valence-corrected chi connectivity index (χ0v) is 18.2. The molecule has 0 N–H and O–H groups in total. The quantitative estimate of drug-likeness (QED) is 0.425. The second-order valence-corrected chi connectivity index (χ2v) is 7.69. The lowest BCUT2D eigenvalue weighted by Crippen LogP contribution is -2.36. The standard InChI is InChI=1S/C25H24FNO6/c1-30-20-8-2-17(3-9-20)14-27(19-6-7-19)24(28)16-32-25(29)23-13-12-22(33-23)15-31-21-10-4-18(26)5-11-21/h2-5,8-13,19H,6-7,14-16H2,1H3. The molecular formula is C25H24FNO6. The minimum Gasteiger partial charge on any atom is -0.497 e. The molecule has 1 amide bonds. The van der Waals surface area contributed by atoms with E-state index in [1.807, 2.05) is 24.3 Å². The third-order valence-electron chi connectivity index (χ3n) is 5.20. The summed E-state index contributed by atoms with van der Waals surface area (Å²) in [4.78, 5) is 26.8. The van der Waals surface area contributed by atoms with Crippen molar-refractivity contribution in [1.29, 1.82) is 0 Å². The minimum absolute atomic E-state index is 0.0198. The lowest BCUT2D eigenvalue weighted by atomic mass is 10.2. The van der Waals surface area contributed by atoms with Gasteiger partial charge in [-0.1, -0.05) is 12.1 Å². The van der Waals surface area contributed by atoms with Crippen molar-refractivity contribution in [1.82, 2.24) is 4.90 Å². The van der Waals surface area contributed by atoms with Gasteiger partial charge in [0, 0.05) is 12.6 Å². The molecule has 0 radical (unpaired) electrons. The number of nitrogens with zero attached hydrogens (tertiary/aromatic N) is 1. The van der Waals surface area contributed by atoms with Crippen LogP contribution in [0.1, 0.15) is 34.7 Å². The maximum absolute atomic E-state index is 12.9. The predicted octanol–water partition coefficient (Wildman–Crippen LogP) is 4.35. The van der Waals surface area contributed by atoms with Crippen molar-refractivity contribution < 1.29 is 32.6 Å². The summed E-state index contributed by atoms with van der Waals surface area (Å²) in [5.41, 5.74) is 0.971. The van der Waals surface area contributed by atoms with E-state index in [1.54, 1.807) is 18.1 Å². The molecular weight excluding hydrogens is 429 g/mol. The Labute approximate surface area is 190 Å². The van der Waals surface area contributed by atoms with Gasteiger partial charge < -0.3 is 23.5 Å². The first kappa shape index (κ1) is 22.4. The summed E-state index contributed by atoms with van der Waals surface area (Å²) in [6.07, 6.45) is 1.87. The molecule has 3 aromatic rings. The first-order chi connectivity index (χ1) is 16.0. The molecule has 33 heavy (non-hydrogen) atoms. The third kappa shape index (κ3) is 6.12. The van der Waals surface area contributed by atoms with Crippen molar-refractivity contribution in [2.75, 3.05) is 13.7 Å². The van der Waals surface area contributed by atoms with E-state index < -0.39 is 5.97 Å². The Hall–Kier alpha value is -3.81. The van der Waals surface area contributed by atoms with Crippen LogP contribution >= 0.6 is 0 Å². The summed E-state index contributed by atoms with van der Waals surface area (Å²) in [5, 5.41) is 0. The van der Waals surface area contributed by atoms with Crippen molar-refractivity contribution >= 4 is 11.9 Å². The number of carbonyl (C=O) groups is 2. The molecule has 0 spiro atoms. The molecule has 0 bridgehead atoms. The van der Waals surface area contributed by atoms with E-state index >= 15 is 0 Å². The van der Waals surface area contributed by atoms with E-state index in [0.29, 0.717) is 18.1 Å². The molecule has 1 heterocycles. The SMILES string of the molecule is COc1ccc(CN(C(=O)COC(=O)c2ccc(COc3ccc(F)cc3)o2)C2CC2)cc1. The van der Waals surface area contributed by atoms with Gasteiger partial charge in [0.05, 0.1) is 7.11 Å². The van der Waals surface area contributed by atoms with Crippen molar-refractivity contribution in [3.8, 4) is 11.5 Å². The van der Waals surface area contributed by atoms with Gasteiger partial charge in [-0.15, -0.1) is 0 Å². The monoisotopic (exact) mass is 453 g/mol. The molecule has 7 nitrogen and oxygen atoms in total. The number of ether oxygens (including phenoxy) is 3. The summed E-state index contributed by atoms with van der Waals surface area (Å²) in [5.74, 6) is 0.261. The Balaban J connectivity index is 1.28. The Morgan fingerprint density at radius 2 is 1.70 bits per heavy atom. The van der Waals surface area contributed by atoms with E-state index in [9.17, 15) is 14.0 Å². The molecule has 0 saturated heterocycles. The highest BCUT2D eigenvalue weighted by atomic mass is 19.1. The van der Waals surface area contributed by atoms with Gasteiger partial charge >= 0.3 is 5.97 Å². The lowest BCUT2D eigenvalue weighted by Gasteiger charge is -2.22. The second-order valence-electron chi connectivity index (χ2n) is 7.69. The molecule has 1 aromatic heterocycles. The zero-order valence-electron chi connectivity index (χ0n) is 18.2. The fraction of sp³-hybridized carbons (Fsp3) is 0.280. The highest BCUT2D eigenvalue weighted by molar-refractivity contribution is 5.89. The van der Waals surface area contributed by atoms with Gasteiger partial charge in [-0.25, -0.2) is 9.18 Å². The van der Waals surface area contributed by atoms with Gasteiger partial charge in [0.2, 0.25) is 5.76 Å². The van der Waals surface area contributed by atoms with Crippen molar-refractivity contribution in [2.24, 2.45) is 0 Å². The van der Waals surface area contributed by atoms with E-state index in [-0.39, 0.29) is 36.7 Å². The smallest absolute Gasteiger partial charge is 0.374 e. The van der Waals surface area contributed by atoms with Gasteiger partial charge in [0.25, 0.3) is 5.91 Å². The van der Waals surface area contributed by atoms with Gasteiger partial charge in [-0.2, -0.15) is 0 Å². The number of benzene rings is 2. The summed E-state index contributed by atoms with van der Waals surface area (Å²) in [6, 6.07) is 16.3. The molecule has 1 aliphatic carbocycles. The molecule has 2 aromatic carbocycles. The van der Waals surface area contributed by atoms with Gasteiger partial charge in [0.15, 0.2) is 6.61 Å². The molecule has 1 fully saturated rings. The number of halogens is 1. The number of hydrogen-bond donors (Lipinski definition) is 0. The van der Waals surface area contributed by atoms with Crippen LogP contribution in [0.25, 0.3) is 0 Å². The van der Waals surface area contributed by atoms with E-state index in [4.69, 9.17) is 18.6 Å². The average molecular weight is 453 g/mol. The lowest BCUT2D eigenvalue weighted by molar-refractivity contribution is -0.135.